The van der Waals surface area contributed by atoms with E-state index in [1.165, 1.54) is 41.5 Å². The lowest BCUT2D eigenvalue weighted by Gasteiger charge is -2.12. The summed E-state index contributed by atoms with van der Waals surface area (Å²) in [5.74, 6) is 0.903. The van der Waals surface area contributed by atoms with Gasteiger partial charge in [-0.3, -0.25) is 0 Å². The number of halogens is 1. The molecule has 0 saturated heterocycles. The van der Waals surface area contributed by atoms with Crippen molar-refractivity contribution in [3.05, 3.63) is 64.7 Å². The van der Waals surface area contributed by atoms with Gasteiger partial charge in [0.1, 0.15) is 5.75 Å². The zero-order chi connectivity index (χ0) is 14.7. The lowest BCUT2D eigenvalue weighted by molar-refractivity contribution is 0.414. The van der Waals surface area contributed by atoms with E-state index < -0.39 is 0 Å². The number of rotatable bonds is 5. The monoisotopic (exact) mass is 300 g/mol. The Balaban J connectivity index is 1.61. The molecule has 0 N–H and O–H groups in total. The van der Waals surface area contributed by atoms with Gasteiger partial charge >= 0.3 is 0 Å². The van der Waals surface area contributed by atoms with Gasteiger partial charge in [0.2, 0.25) is 0 Å². The van der Waals surface area contributed by atoms with Crippen LogP contribution in [0.25, 0.3) is 0 Å². The maximum Gasteiger partial charge on any atom is 0.118 e. The minimum absolute atomic E-state index is 0.0954. The van der Waals surface area contributed by atoms with Crippen LogP contribution in [-0.2, 0) is 19.3 Å². The molecule has 0 bridgehead atoms. The third kappa shape index (κ3) is 3.41. The van der Waals surface area contributed by atoms with E-state index in [0.29, 0.717) is 0 Å². The number of benzene rings is 2. The van der Waals surface area contributed by atoms with Crippen molar-refractivity contribution in [3.63, 3.8) is 0 Å². The molecule has 0 radical (unpaired) electrons. The molecule has 3 rings (SSSR count). The summed E-state index contributed by atoms with van der Waals surface area (Å²) in [5, 5.41) is 0.0954. The van der Waals surface area contributed by atoms with Gasteiger partial charge < -0.3 is 4.74 Å². The Morgan fingerprint density at radius 3 is 2.57 bits per heavy atom. The maximum atomic E-state index is 6.59. The highest BCUT2D eigenvalue weighted by Crippen LogP contribution is 2.30. The van der Waals surface area contributed by atoms with Crippen LogP contribution in [0.15, 0.2) is 42.5 Å². The zero-order valence-corrected chi connectivity index (χ0v) is 13.2. The van der Waals surface area contributed by atoms with Crippen molar-refractivity contribution in [1.29, 1.82) is 0 Å². The van der Waals surface area contributed by atoms with Crippen LogP contribution in [0.1, 0.15) is 40.5 Å². The van der Waals surface area contributed by atoms with Crippen LogP contribution >= 0.6 is 11.6 Å². The molecule has 2 aromatic carbocycles. The highest BCUT2D eigenvalue weighted by molar-refractivity contribution is 6.20. The molecular formula is C19H21ClO. The van der Waals surface area contributed by atoms with Gasteiger partial charge in [-0.15, -0.1) is 11.6 Å². The van der Waals surface area contributed by atoms with Crippen LogP contribution in [0.2, 0.25) is 0 Å². The normalized spacial score (nSPS) is 14.8. The predicted octanol–water partition coefficient (Wildman–Crippen LogP) is 5.10. The third-order valence-electron chi connectivity index (χ3n) is 4.33. The van der Waals surface area contributed by atoms with Crippen LogP contribution < -0.4 is 4.74 Å². The van der Waals surface area contributed by atoms with Gasteiger partial charge in [-0.05, 0) is 66.5 Å². The minimum Gasteiger partial charge on any atom is -0.497 e. The summed E-state index contributed by atoms with van der Waals surface area (Å²) >= 11 is 6.59. The number of hydrogen-bond donors (Lipinski definition) is 0. The molecule has 1 nitrogen and oxygen atoms in total. The van der Waals surface area contributed by atoms with Gasteiger partial charge in [0, 0.05) is 0 Å². The molecule has 1 aliphatic rings. The first-order chi connectivity index (χ1) is 10.3. The smallest absolute Gasteiger partial charge is 0.118 e. The van der Waals surface area contributed by atoms with Crippen molar-refractivity contribution in [2.75, 3.05) is 7.11 Å². The second-order valence-corrected chi connectivity index (χ2v) is 6.26. The quantitative estimate of drug-likeness (QED) is 0.698. The summed E-state index contributed by atoms with van der Waals surface area (Å²) in [6.07, 6.45) is 5.69. The molecule has 0 aliphatic heterocycles. The lowest BCUT2D eigenvalue weighted by atomic mass is 10.00. The largest absolute Gasteiger partial charge is 0.497 e. The summed E-state index contributed by atoms with van der Waals surface area (Å²) in [6.45, 7) is 0. The van der Waals surface area contributed by atoms with E-state index in [0.717, 1.165) is 18.6 Å². The Kier molecular flexibility index (Phi) is 4.50. The fraction of sp³-hybridized carbons (Fsp3) is 0.368. The van der Waals surface area contributed by atoms with Crippen LogP contribution in [0.5, 0.6) is 5.75 Å². The van der Waals surface area contributed by atoms with Crippen molar-refractivity contribution in [3.8, 4) is 5.75 Å². The standard InChI is InChI=1S/C19H21ClO/c1-21-18-10-5-14(6-11-18)7-12-19(20)17-9-8-15-3-2-4-16(15)13-17/h5-6,8-11,13,19H,2-4,7,12H2,1H3. The first-order valence-electron chi connectivity index (χ1n) is 7.65. The molecular weight excluding hydrogens is 280 g/mol. The molecule has 0 fully saturated rings. The van der Waals surface area contributed by atoms with E-state index in [9.17, 15) is 0 Å². The fourth-order valence-corrected chi connectivity index (χ4v) is 3.28. The van der Waals surface area contributed by atoms with Gasteiger partial charge in [-0.25, -0.2) is 0 Å². The van der Waals surface area contributed by atoms with Crippen LogP contribution in [-0.4, -0.2) is 7.11 Å². The molecule has 0 aromatic heterocycles. The molecule has 0 saturated carbocycles. The summed E-state index contributed by atoms with van der Waals surface area (Å²) in [4.78, 5) is 0. The summed E-state index contributed by atoms with van der Waals surface area (Å²) in [5.41, 5.74) is 5.59. The zero-order valence-electron chi connectivity index (χ0n) is 12.4. The Labute approximate surface area is 131 Å². The van der Waals surface area contributed by atoms with Gasteiger partial charge in [0.15, 0.2) is 0 Å². The van der Waals surface area contributed by atoms with E-state index in [4.69, 9.17) is 16.3 Å². The number of hydrogen-bond acceptors (Lipinski definition) is 1. The van der Waals surface area contributed by atoms with E-state index in [1.54, 1.807) is 7.11 Å². The number of aryl methyl sites for hydroxylation is 3. The Hall–Kier alpha value is -1.47. The van der Waals surface area contributed by atoms with Crippen molar-refractivity contribution in [1.82, 2.24) is 0 Å². The van der Waals surface area contributed by atoms with E-state index in [2.05, 4.69) is 30.3 Å². The summed E-state index contributed by atoms with van der Waals surface area (Å²) in [6, 6.07) is 15.0. The molecule has 1 aliphatic carbocycles. The topological polar surface area (TPSA) is 9.23 Å². The summed E-state index contributed by atoms with van der Waals surface area (Å²) < 4.78 is 5.18. The molecule has 2 aromatic rings. The lowest BCUT2D eigenvalue weighted by Crippen LogP contribution is -1.96. The molecule has 0 spiro atoms. The van der Waals surface area contributed by atoms with Crippen molar-refractivity contribution >= 4 is 11.6 Å². The van der Waals surface area contributed by atoms with E-state index in [1.807, 2.05) is 12.1 Å². The maximum absolute atomic E-state index is 6.59. The molecule has 0 amide bonds. The van der Waals surface area contributed by atoms with Gasteiger partial charge in [-0.1, -0.05) is 30.3 Å². The number of alkyl halides is 1. The highest BCUT2D eigenvalue weighted by Gasteiger charge is 2.14. The predicted molar refractivity (Wildman–Crippen MR) is 88.4 cm³/mol. The third-order valence-corrected chi connectivity index (χ3v) is 4.80. The molecule has 2 heteroatoms. The number of fused-ring (bicyclic) bond motifs is 1. The van der Waals surface area contributed by atoms with Crippen molar-refractivity contribution in [2.24, 2.45) is 0 Å². The van der Waals surface area contributed by atoms with Crippen LogP contribution in [0.4, 0.5) is 0 Å². The molecule has 1 atom stereocenters. The minimum atomic E-state index is 0.0954. The first kappa shape index (κ1) is 14.5. The van der Waals surface area contributed by atoms with E-state index >= 15 is 0 Å². The fourth-order valence-electron chi connectivity index (χ4n) is 3.04. The second-order valence-electron chi connectivity index (χ2n) is 5.74. The SMILES string of the molecule is COc1ccc(CCC(Cl)c2ccc3c(c2)CCC3)cc1. The van der Waals surface area contributed by atoms with Crippen LogP contribution in [0.3, 0.4) is 0 Å². The highest BCUT2D eigenvalue weighted by atomic mass is 35.5. The average molecular weight is 301 g/mol. The molecule has 110 valence electrons. The molecule has 0 heterocycles. The average Bonchev–Trinajstić information content (AvgIpc) is 3.00. The van der Waals surface area contributed by atoms with Crippen molar-refractivity contribution in [2.45, 2.75) is 37.5 Å². The van der Waals surface area contributed by atoms with E-state index in [-0.39, 0.29) is 5.38 Å². The Morgan fingerprint density at radius 1 is 1.05 bits per heavy atom. The molecule has 21 heavy (non-hydrogen) atoms. The molecule has 1 unspecified atom stereocenters. The Morgan fingerprint density at radius 2 is 1.81 bits per heavy atom. The first-order valence-corrected chi connectivity index (χ1v) is 8.08. The summed E-state index contributed by atoms with van der Waals surface area (Å²) in [7, 11) is 1.69. The van der Waals surface area contributed by atoms with Gasteiger partial charge in [0.25, 0.3) is 0 Å². The second kappa shape index (κ2) is 6.53. The number of ether oxygens (including phenoxy) is 1. The van der Waals surface area contributed by atoms with Crippen molar-refractivity contribution < 1.29 is 4.74 Å². The van der Waals surface area contributed by atoms with Crippen LogP contribution in [0, 0.1) is 0 Å². The number of methoxy groups -OCH3 is 1. The van der Waals surface area contributed by atoms with Gasteiger partial charge in [-0.2, -0.15) is 0 Å². The van der Waals surface area contributed by atoms with Gasteiger partial charge in [0.05, 0.1) is 12.5 Å². The Bertz CT molecular complexity index is 603.